The summed E-state index contributed by atoms with van der Waals surface area (Å²) in [6, 6.07) is 7.61. The molecule has 0 bridgehead atoms. The van der Waals surface area contributed by atoms with Gasteiger partial charge in [-0.05, 0) is 23.8 Å². The Morgan fingerprint density at radius 2 is 2.00 bits per heavy atom. The van der Waals surface area contributed by atoms with Crippen LogP contribution in [0.15, 0.2) is 42.9 Å². The summed E-state index contributed by atoms with van der Waals surface area (Å²) >= 11 is 0. The van der Waals surface area contributed by atoms with E-state index in [2.05, 4.69) is 20.0 Å². The second-order valence-electron chi connectivity index (χ2n) is 4.00. The highest BCUT2D eigenvalue weighted by atomic mass is 19.4. The summed E-state index contributed by atoms with van der Waals surface area (Å²) in [5.74, 6) is -0.223. The van der Waals surface area contributed by atoms with Gasteiger partial charge < -0.3 is 10.1 Å². The largest absolute Gasteiger partial charge is 0.573 e. The van der Waals surface area contributed by atoms with E-state index in [0.29, 0.717) is 18.7 Å². The highest BCUT2D eigenvalue weighted by molar-refractivity contribution is 5.28. The molecule has 0 unspecified atom stereocenters. The van der Waals surface area contributed by atoms with Crippen molar-refractivity contribution in [1.82, 2.24) is 15.3 Å². The van der Waals surface area contributed by atoms with Gasteiger partial charge in [-0.25, -0.2) is 9.97 Å². The lowest BCUT2D eigenvalue weighted by Crippen LogP contribution is -2.17. The Morgan fingerprint density at radius 1 is 1.15 bits per heavy atom. The van der Waals surface area contributed by atoms with Crippen LogP contribution in [0, 0.1) is 0 Å². The number of halogens is 3. The second kappa shape index (κ2) is 6.33. The molecule has 4 nitrogen and oxygen atoms in total. The molecule has 0 saturated heterocycles. The van der Waals surface area contributed by atoms with Crippen LogP contribution in [0.3, 0.4) is 0 Å². The summed E-state index contributed by atoms with van der Waals surface area (Å²) in [4.78, 5) is 7.82. The molecule has 1 aromatic heterocycles. The SMILES string of the molecule is FC(F)(F)Oc1cccc(CNCc2ccncn2)c1. The van der Waals surface area contributed by atoms with Gasteiger partial charge >= 0.3 is 6.36 Å². The van der Waals surface area contributed by atoms with Gasteiger partial charge in [-0.3, -0.25) is 0 Å². The molecule has 20 heavy (non-hydrogen) atoms. The van der Waals surface area contributed by atoms with Crippen LogP contribution in [0.5, 0.6) is 5.75 Å². The van der Waals surface area contributed by atoms with Crippen molar-refractivity contribution >= 4 is 0 Å². The van der Waals surface area contributed by atoms with Gasteiger partial charge in [-0.15, -0.1) is 13.2 Å². The normalized spacial score (nSPS) is 11.3. The van der Waals surface area contributed by atoms with E-state index in [4.69, 9.17) is 0 Å². The van der Waals surface area contributed by atoms with Crippen molar-refractivity contribution in [3.63, 3.8) is 0 Å². The van der Waals surface area contributed by atoms with E-state index in [1.54, 1.807) is 18.3 Å². The zero-order chi connectivity index (χ0) is 14.4. The van der Waals surface area contributed by atoms with Crippen molar-refractivity contribution < 1.29 is 17.9 Å². The molecule has 2 aromatic rings. The van der Waals surface area contributed by atoms with Gasteiger partial charge in [0.25, 0.3) is 0 Å². The van der Waals surface area contributed by atoms with E-state index in [1.165, 1.54) is 24.5 Å². The Morgan fingerprint density at radius 3 is 2.70 bits per heavy atom. The third-order valence-corrected chi connectivity index (χ3v) is 2.41. The van der Waals surface area contributed by atoms with Crippen LogP contribution in [-0.4, -0.2) is 16.3 Å². The molecule has 2 rings (SSSR count). The third-order valence-electron chi connectivity index (χ3n) is 2.41. The molecule has 0 atom stereocenters. The van der Waals surface area contributed by atoms with E-state index >= 15 is 0 Å². The maximum atomic E-state index is 12.1. The summed E-state index contributed by atoms with van der Waals surface area (Å²) in [5.41, 5.74) is 1.50. The van der Waals surface area contributed by atoms with E-state index in [9.17, 15) is 13.2 Å². The number of nitrogens with zero attached hydrogens (tertiary/aromatic N) is 2. The van der Waals surface area contributed by atoms with Crippen LogP contribution in [0.1, 0.15) is 11.3 Å². The highest BCUT2D eigenvalue weighted by Gasteiger charge is 2.31. The number of hydrogen-bond donors (Lipinski definition) is 1. The van der Waals surface area contributed by atoms with Crippen molar-refractivity contribution in [3.8, 4) is 5.75 Å². The lowest BCUT2D eigenvalue weighted by atomic mass is 10.2. The van der Waals surface area contributed by atoms with Gasteiger partial charge in [0, 0.05) is 19.3 Å². The number of benzene rings is 1. The molecule has 1 N–H and O–H groups in total. The van der Waals surface area contributed by atoms with Gasteiger partial charge in [-0.2, -0.15) is 0 Å². The maximum absolute atomic E-state index is 12.1. The number of alkyl halides is 3. The van der Waals surface area contributed by atoms with Crippen molar-refractivity contribution in [1.29, 1.82) is 0 Å². The van der Waals surface area contributed by atoms with Crippen LogP contribution in [0.25, 0.3) is 0 Å². The first-order valence-corrected chi connectivity index (χ1v) is 5.83. The van der Waals surface area contributed by atoms with Crippen LogP contribution in [-0.2, 0) is 13.1 Å². The third kappa shape index (κ3) is 4.85. The van der Waals surface area contributed by atoms with E-state index < -0.39 is 6.36 Å². The molecule has 0 aliphatic carbocycles. The first-order valence-electron chi connectivity index (χ1n) is 5.83. The maximum Gasteiger partial charge on any atom is 0.573 e. The van der Waals surface area contributed by atoms with Gasteiger partial charge in [-0.1, -0.05) is 12.1 Å². The molecule has 0 fully saturated rings. The Kier molecular flexibility index (Phi) is 4.52. The lowest BCUT2D eigenvalue weighted by Gasteiger charge is -2.10. The summed E-state index contributed by atoms with van der Waals surface area (Å²) in [5, 5.41) is 3.08. The number of ether oxygens (including phenoxy) is 1. The van der Waals surface area contributed by atoms with Crippen LogP contribution >= 0.6 is 0 Å². The van der Waals surface area contributed by atoms with Crippen molar-refractivity contribution in [2.24, 2.45) is 0 Å². The molecule has 0 radical (unpaired) electrons. The fourth-order valence-electron chi connectivity index (χ4n) is 1.61. The van der Waals surface area contributed by atoms with Crippen molar-refractivity contribution in [2.45, 2.75) is 19.5 Å². The first kappa shape index (κ1) is 14.3. The van der Waals surface area contributed by atoms with E-state index in [-0.39, 0.29) is 5.75 Å². The Labute approximate surface area is 113 Å². The summed E-state index contributed by atoms with van der Waals surface area (Å²) in [6.45, 7) is 0.923. The minimum absolute atomic E-state index is 0.223. The molecule has 1 heterocycles. The zero-order valence-electron chi connectivity index (χ0n) is 10.4. The predicted molar refractivity (Wildman–Crippen MR) is 65.7 cm³/mol. The van der Waals surface area contributed by atoms with Crippen molar-refractivity contribution in [3.05, 3.63) is 54.1 Å². The predicted octanol–water partition coefficient (Wildman–Crippen LogP) is 2.67. The smallest absolute Gasteiger partial charge is 0.406 e. The molecule has 0 aliphatic rings. The summed E-state index contributed by atoms with van der Waals surface area (Å²) in [7, 11) is 0. The summed E-state index contributed by atoms with van der Waals surface area (Å²) < 4.78 is 40.1. The molecule has 0 aliphatic heterocycles. The number of nitrogens with one attached hydrogen (secondary N) is 1. The van der Waals surface area contributed by atoms with Gasteiger partial charge in [0.15, 0.2) is 0 Å². The van der Waals surface area contributed by atoms with Crippen molar-refractivity contribution in [2.75, 3.05) is 0 Å². The van der Waals surface area contributed by atoms with Crippen LogP contribution in [0.4, 0.5) is 13.2 Å². The molecule has 0 saturated carbocycles. The van der Waals surface area contributed by atoms with E-state index in [1.807, 2.05) is 0 Å². The molecule has 1 aromatic carbocycles. The number of hydrogen-bond acceptors (Lipinski definition) is 4. The van der Waals surface area contributed by atoms with Crippen LogP contribution in [0.2, 0.25) is 0 Å². The Hall–Kier alpha value is -2.15. The minimum Gasteiger partial charge on any atom is -0.406 e. The average Bonchev–Trinajstić information content (AvgIpc) is 2.38. The Bertz CT molecular complexity index is 546. The van der Waals surface area contributed by atoms with Gasteiger partial charge in [0.1, 0.15) is 12.1 Å². The molecule has 7 heteroatoms. The fourth-order valence-corrected chi connectivity index (χ4v) is 1.61. The van der Waals surface area contributed by atoms with Gasteiger partial charge in [0.05, 0.1) is 5.69 Å². The summed E-state index contributed by atoms with van der Waals surface area (Å²) in [6.07, 6.45) is -1.61. The van der Waals surface area contributed by atoms with E-state index in [0.717, 1.165) is 5.69 Å². The first-order chi connectivity index (χ1) is 9.53. The minimum atomic E-state index is -4.67. The second-order valence-corrected chi connectivity index (χ2v) is 4.00. The molecular formula is C13H12F3N3O. The zero-order valence-corrected chi connectivity index (χ0v) is 10.4. The average molecular weight is 283 g/mol. The van der Waals surface area contributed by atoms with Gasteiger partial charge in [0.2, 0.25) is 0 Å². The fraction of sp³-hybridized carbons (Fsp3) is 0.231. The molecule has 106 valence electrons. The Balaban J connectivity index is 1.88. The standard InChI is InChI=1S/C13H12F3N3O/c14-13(15,16)20-12-3-1-2-10(6-12)7-18-8-11-4-5-17-9-19-11/h1-6,9,18H,7-8H2. The quantitative estimate of drug-likeness (QED) is 0.916. The topological polar surface area (TPSA) is 47.0 Å². The van der Waals surface area contributed by atoms with Crippen LogP contribution < -0.4 is 10.1 Å². The monoisotopic (exact) mass is 283 g/mol. The molecular weight excluding hydrogens is 271 g/mol. The number of aromatic nitrogens is 2. The molecule has 0 amide bonds. The molecule has 0 spiro atoms. The number of rotatable bonds is 5. The highest BCUT2D eigenvalue weighted by Crippen LogP contribution is 2.23. The lowest BCUT2D eigenvalue weighted by molar-refractivity contribution is -0.274.